The second-order valence-electron chi connectivity index (χ2n) is 4.02. The van der Waals surface area contributed by atoms with Gasteiger partial charge in [0.2, 0.25) is 0 Å². The second kappa shape index (κ2) is 6.15. The summed E-state index contributed by atoms with van der Waals surface area (Å²) in [4.78, 5) is 11.7. The Kier molecular flexibility index (Phi) is 4.52. The van der Waals surface area contributed by atoms with E-state index in [4.69, 9.17) is 22.1 Å². The molecule has 2 aromatic rings. The highest BCUT2D eigenvalue weighted by Gasteiger charge is 2.14. The molecule has 20 heavy (non-hydrogen) atoms. The van der Waals surface area contributed by atoms with Gasteiger partial charge in [0.05, 0.1) is 29.1 Å². The highest BCUT2D eigenvalue weighted by molar-refractivity contribution is 9.10. The van der Waals surface area contributed by atoms with Gasteiger partial charge < -0.3 is 15.8 Å². The molecule has 0 saturated carbocycles. The minimum absolute atomic E-state index is 0.367. The number of ether oxygens (including phenoxy) is 1. The maximum Gasteiger partial charge on any atom is 0.340 e. The Balaban J connectivity index is 2.42. The van der Waals surface area contributed by atoms with Gasteiger partial charge in [-0.1, -0.05) is 17.7 Å². The molecule has 0 atom stereocenters. The zero-order chi connectivity index (χ0) is 14.7. The van der Waals surface area contributed by atoms with Crippen molar-refractivity contribution in [1.82, 2.24) is 0 Å². The molecule has 0 saturated heterocycles. The fourth-order valence-corrected chi connectivity index (χ4v) is 2.14. The summed E-state index contributed by atoms with van der Waals surface area (Å²) in [6, 6.07) is 10.4. The smallest absolute Gasteiger partial charge is 0.340 e. The Morgan fingerprint density at radius 3 is 2.75 bits per heavy atom. The molecule has 0 spiro atoms. The molecule has 2 rings (SSSR count). The third-order valence-electron chi connectivity index (χ3n) is 2.69. The SMILES string of the molecule is COC(=O)c1cccc(N)c1Nc1ccc(Br)c(Cl)c1. The van der Waals surface area contributed by atoms with Crippen LogP contribution in [-0.2, 0) is 4.74 Å². The molecule has 4 nitrogen and oxygen atoms in total. The third kappa shape index (κ3) is 3.05. The van der Waals surface area contributed by atoms with E-state index in [2.05, 4.69) is 21.2 Å². The summed E-state index contributed by atoms with van der Waals surface area (Å²) in [6.07, 6.45) is 0. The van der Waals surface area contributed by atoms with E-state index in [0.29, 0.717) is 22.0 Å². The van der Waals surface area contributed by atoms with Crippen LogP contribution >= 0.6 is 27.5 Å². The van der Waals surface area contributed by atoms with Crippen molar-refractivity contribution >= 4 is 50.6 Å². The number of carbonyl (C=O) groups is 1. The zero-order valence-electron chi connectivity index (χ0n) is 10.6. The molecule has 0 unspecified atom stereocenters. The van der Waals surface area contributed by atoms with E-state index in [0.717, 1.165) is 10.2 Å². The first-order valence-electron chi connectivity index (χ1n) is 5.72. The van der Waals surface area contributed by atoms with Crippen LogP contribution in [-0.4, -0.2) is 13.1 Å². The van der Waals surface area contributed by atoms with Gasteiger partial charge in [-0.15, -0.1) is 0 Å². The van der Waals surface area contributed by atoms with Gasteiger partial charge in [-0.2, -0.15) is 0 Å². The number of rotatable bonds is 3. The van der Waals surface area contributed by atoms with Crippen LogP contribution in [0.15, 0.2) is 40.9 Å². The molecular weight excluding hydrogens is 344 g/mol. The van der Waals surface area contributed by atoms with Gasteiger partial charge >= 0.3 is 5.97 Å². The average Bonchev–Trinajstić information content (AvgIpc) is 2.44. The van der Waals surface area contributed by atoms with Gasteiger partial charge in [0, 0.05) is 10.2 Å². The van der Waals surface area contributed by atoms with Crippen LogP contribution in [0.5, 0.6) is 0 Å². The monoisotopic (exact) mass is 354 g/mol. The van der Waals surface area contributed by atoms with Crippen LogP contribution in [0.4, 0.5) is 17.1 Å². The molecule has 0 bridgehead atoms. The number of halogens is 2. The summed E-state index contributed by atoms with van der Waals surface area (Å²) >= 11 is 9.36. The fourth-order valence-electron chi connectivity index (χ4n) is 1.71. The predicted molar refractivity (Wildman–Crippen MR) is 84.6 cm³/mol. The molecule has 0 fully saturated rings. The largest absolute Gasteiger partial charge is 0.465 e. The highest BCUT2D eigenvalue weighted by Crippen LogP contribution is 2.31. The molecule has 0 aliphatic carbocycles. The quantitative estimate of drug-likeness (QED) is 0.639. The van der Waals surface area contributed by atoms with Gasteiger partial charge in [0.15, 0.2) is 0 Å². The van der Waals surface area contributed by atoms with Gasteiger partial charge in [-0.3, -0.25) is 0 Å². The molecule has 0 aliphatic rings. The number of carbonyl (C=O) groups excluding carboxylic acids is 1. The summed E-state index contributed by atoms with van der Waals surface area (Å²) in [5.41, 5.74) is 7.96. The van der Waals surface area contributed by atoms with Crippen LogP contribution in [0.25, 0.3) is 0 Å². The van der Waals surface area contributed by atoms with E-state index in [9.17, 15) is 4.79 Å². The Bertz CT molecular complexity index is 662. The number of methoxy groups -OCH3 is 1. The molecule has 0 radical (unpaired) electrons. The number of nitrogen functional groups attached to an aromatic ring is 1. The molecule has 3 N–H and O–H groups in total. The number of hydrogen-bond acceptors (Lipinski definition) is 4. The minimum atomic E-state index is -0.456. The number of hydrogen-bond donors (Lipinski definition) is 2. The highest BCUT2D eigenvalue weighted by atomic mass is 79.9. The first-order chi connectivity index (χ1) is 9.52. The van der Waals surface area contributed by atoms with Crippen molar-refractivity contribution in [2.45, 2.75) is 0 Å². The topological polar surface area (TPSA) is 64.3 Å². The summed E-state index contributed by atoms with van der Waals surface area (Å²) in [7, 11) is 1.33. The van der Waals surface area contributed by atoms with Crippen LogP contribution in [0, 0.1) is 0 Å². The Morgan fingerprint density at radius 2 is 2.10 bits per heavy atom. The number of nitrogens with one attached hydrogen (secondary N) is 1. The Hall–Kier alpha value is -1.72. The first kappa shape index (κ1) is 14.7. The molecule has 104 valence electrons. The molecule has 6 heteroatoms. The lowest BCUT2D eigenvalue weighted by Gasteiger charge is -2.13. The summed E-state index contributed by atoms with van der Waals surface area (Å²) < 4.78 is 5.54. The van der Waals surface area contributed by atoms with Crippen LogP contribution in [0.3, 0.4) is 0 Å². The standard InChI is InChI=1S/C14H12BrClN2O2/c1-20-14(19)9-3-2-4-12(17)13(9)18-8-5-6-10(15)11(16)7-8/h2-7,18H,17H2,1H3. The van der Waals surface area contributed by atoms with Gasteiger partial charge in [-0.25, -0.2) is 4.79 Å². The lowest BCUT2D eigenvalue weighted by atomic mass is 10.1. The minimum Gasteiger partial charge on any atom is -0.465 e. The van der Waals surface area contributed by atoms with Crippen molar-refractivity contribution in [2.75, 3.05) is 18.2 Å². The normalized spacial score (nSPS) is 10.2. The lowest BCUT2D eigenvalue weighted by molar-refractivity contribution is 0.0602. The van der Waals surface area contributed by atoms with Crippen molar-refractivity contribution in [3.63, 3.8) is 0 Å². The van der Waals surface area contributed by atoms with Crippen LogP contribution in [0.2, 0.25) is 5.02 Å². The van der Waals surface area contributed by atoms with Crippen LogP contribution in [0.1, 0.15) is 10.4 Å². The van der Waals surface area contributed by atoms with Crippen molar-refractivity contribution in [3.05, 3.63) is 51.5 Å². The second-order valence-corrected chi connectivity index (χ2v) is 5.28. The molecular formula is C14H12BrClN2O2. The molecule has 0 aliphatic heterocycles. The number of para-hydroxylation sites is 1. The first-order valence-corrected chi connectivity index (χ1v) is 6.89. The zero-order valence-corrected chi connectivity index (χ0v) is 13.0. The molecule has 0 heterocycles. The number of esters is 1. The number of anilines is 3. The van der Waals surface area contributed by atoms with Crippen LogP contribution < -0.4 is 11.1 Å². The van der Waals surface area contributed by atoms with E-state index in [1.54, 1.807) is 24.3 Å². The molecule has 2 aromatic carbocycles. The Morgan fingerprint density at radius 1 is 1.35 bits per heavy atom. The third-order valence-corrected chi connectivity index (χ3v) is 3.92. The number of nitrogens with two attached hydrogens (primary N) is 1. The Labute approximate surface area is 130 Å². The van der Waals surface area contributed by atoms with E-state index in [1.165, 1.54) is 7.11 Å². The van der Waals surface area contributed by atoms with E-state index in [-0.39, 0.29) is 0 Å². The van der Waals surface area contributed by atoms with Crippen molar-refractivity contribution in [2.24, 2.45) is 0 Å². The molecule has 0 amide bonds. The van der Waals surface area contributed by atoms with Crippen molar-refractivity contribution in [3.8, 4) is 0 Å². The van der Waals surface area contributed by atoms with Gasteiger partial charge in [-0.05, 0) is 46.3 Å². The maximum absolute atomic E-state index is 11.7. The summed E-state index contributed by atoms with van der Waals surface area (Å²) in [5.74, 6) is -0.456. The van der Waals surface area contributed by atoms with Gasteiger partial charge in [0.1, 0.15) is 0 Å². The molecule has 0 aromatic heterocycles. The predicted octanol–water partition coefficient (Wildman–Crippen LogP) is 4.21. The van der Waals surface area contributed by atoms with E-state index in [1.807, 2.05) is 12.1 Å². The fraction of sp³-hybridized carbons (Fsp3) is 0.0714. The van der Waals surface area contributed by atoms with E-state index < -0.39 is 5.97 Å². The summed E-state index contributed by atoms with van der Waals surface area (Å²) in [5, 5.41) is 3.65. The van der Waals surface area contributed by atoms with Crippen molar-refractivity contribution in [1.29, 1.82) is 0 Å². The van der Waals surface area contributed by atoms with Crippen molar-refractivity contribution < 1.29 is 9.53 Å². The maximum atomic E-state index is 11.7. The lowest BCUT2D eigenvalue weighted by Crippen LogP contribution is -2.07. The van der Waals surface area contributed by atoms with E-state index >= 15 is 0 Å². The average molecular weight is 356 g/mol. The summed E-state index contributed by atoms with van der Waals surface area (Å²) in [6.45, 7) is 0. The number of benzene rings is 2. The van der Waals surface area contributed by atoms with Gasteiger partial charge in [0.25, 0.3) is 0 Å².